The van der Waals surface area contributed by atoms with Crippen LogP contribution in [0.1, 0.15) is 31.2 Å². The summed E-state index contributed by atoms with van der Waals surface area (Å²) in [5.41, 5.74) is 7.68. The molecule has 0 aliphatic heterocycles. The average molecular weight is 296 g/mol. The molecule has 0 atom stereocenters. The zero-order valence-electron chi connectivity index (χ0n) is 11.6. The highest BCUT2D eigenvalue weighted by atomic mass is 32.2. The van der Waals surface area contributed by atoms with Gasteiger partial charge < -0.3 is 11.1 Å². The monoisotopic (exact) mass is 296 g/mol. The maximum atomic E-state index is 12.1. The largest absolute Gasteiger partial charge is 0.397 e. The van der Waals surface area contributed by atoms with Crippen LogP contribution < -0.4 is 11.1 Å². The lowest BCUT2D eigenvalue weighted by Crippen LogP contribution is -2.29. The van der Waals surface area contributed by atoms with E-state index in [0.717, 1.165) is 18.4 Å². The first-order valence-electron chi connectivity index (χ1n) is 6.76. The van der Waals surface area contributed by atoms with Crippen LogP contribution in [0, 0.1) is 6.92 Å². The molecule has 1 amide bonds. The van der Waals surface area contributed by atoms with Gasteiger partial charge in [-0.3, -0.25) is 4.79 Å². The molecule has 110 valence electrons. The average Bonchev–Trinajstić information content (AvgIpc) is 2.86. The molecule has 3 N–H and O–H groups in total. The number of carbonyl (C=O) groups excluding carboxylic acids is 1. The molecule has 0 heterocycles. The van der Waals surface area contributed by atoms with Crippen molar-refractivity contribution in [3.8, 4) is 0 Å². The fourth-order valence-corrected chi connectivity index (χ4v) is 4.26. The number of nitrogens with two attached hydrogens (primary N) is 1. The molecule has 6 heteroatoms. The van der Waals surface area contributed by atoms with Crippen molar-refractivity contribution in [2.24, 2.45) is 0 Å². The lowest BCUT2D eigenvalue weighted by molar-refractivity contribution is -0.113. The molecule has 2 rings (SSSR count). The predicted octanol–water partition coefficient (Wildman–Crippen LogP) is 1.87. The molecule has 1 saturated carbocycles. The summed E-state index contributed by atoms with van der Waals surface area (Å²) >= 11 is 0. The molecule has 1 aliphatic carbocycles. The fraction of sp³-hybridized carbons (Fsp3) is 0.500. The van der Waals surface area contributed by atoms with E-state index in [-0.39, 0.29) is 5.25 Å². The lowest BCUT2D eigenvalue weighted by Gasteiger charge is -2.12. The van der Waals surface area contributed by atoms with Gasteiger partial charge in [0.15, 0.2) is 9.84 Å². The molecule has 20 heavy (non-hydrogen) atoms. The van der Waals surface area contributed by atoms with Gasteiger partial charge in [0.05, 0.1) is 16.6 Å². The molecule has 1 aromatic rings. The van der Waals surface area contributed by atoms with Crippen molar-refractivity contribution >= 4 is 27.1 Å². The summed E-state index contributed by atoms with van der Waals surface area (Å²) in [6.45, 7) is 1.90. The Hall–Kier alpha value is -1.56. The number of rotatable bonds is 4. The number of carbonyl (C=O) groups is 1. The van der Waals surface area contributed by atoms with Crippen LogP contribution >= 0.6 is 0 Å². The maximum Gasteiger partial charge on any atom is 0.239 e. The maximum absolute atomic E-state index is 12.1. The van der Waals surface area contributed by atoms with Crippen molar-refractivity contribution in [2.75, 3.05) is 16.8 Å². The van der Waals surface area contributed by atoms with E-state index in [2.05, 4.69) is 5.32 Å². The second kappa shape index (κ2) is 5.83. The standard InChI is InChI=1S/C14H20N2O3S/c1-10-6-7-13(12(15)8-10)16-14(17)9-20(18,19)11-4-2-3-5-11/h6-8,11H,2-5,9,15H2,1H3,(H,16,17). The number of hydrogen-bond donors (Lipinski definition) is 2. The number of anilines is 2. The zero-order valence-corrected chi connectivity index (χ0v) is 12.4. The van der Waals surface area contributed by atoms with Crippen molar-refractivity contribution in [1.82, 2.24) is 0 Å². The second-order valence-corrected chi connectivity index (χ2v) is 7.63. The topological polar surface area (TPSA) is 89.3 Å². The van der Waals surface area contributed by atoms with E-state index in [0.29, 0.717) is 24.2 Å². The van der Waals surface area contributed by atoms with E-state index in [1.54, 1.807) is 12.1 Å². The molecule has 0 unspecified atom stereocenters. The van der Waals surface area contributed by atoms with Crippen LogP contribution in [-0.2, 0) is 14.6 Å². The van der Waals surface area contributed by atoms with Crippen LogP contribution in [0.3, 0.4) is 0 Å². The lowest BCUT2D eigenvalue weighted by atomic mass is 10.2. The van der Waals surface area contributed by atoms with Gasteiger partial charge in [-0.1, -0.05) is 18.9 Å². The van der Waals surface area contributed by atoms with Crippen molar-refractivity contribution in [2.45, 2.75) is 37.9 Å². The third-order valence-corrected chi connectivity index (χ3v) is 5.78. The summed E-state index contributed by atoms with van der Waals surface area (Å²) in [5.74, 6) is -0.988. The Morgan fingerprint density at radius 3 is 2.60 bits per heavy atom. The summed E-state index contributed by atoms with van der Waals surface area (Å²) in [6.07, 6.45) is 3.19. The Morgan fingerprint density at radius 1 is 1.35 bits per heavy atom. The van der Waals surface area contributed by atoms with E-state index in [1.807, 2.05) is 13.0 Å². The number of nitrogen functional groups attached to an aromatic ring is 1. The summed E-state index contributed by atoms with van der Waals surface area (Å²) in [6, 6.07) is 5.24. The molecule has 1 aliphatic rings. The van der Waals surface area contributed by atoms with Crippen molar-refractivity contribution < 1.29 is 13.2 Å². The van der Waals surface area contributed by atoms with Gasteiger partial charge in [-0.2, -0.15) is 0 Å². The number of sulfone groups is 1. The number of hydrogen-bond acceptors (Lipinski definition) is 4. The van der Waals surface area contributed by atoms with Gasteiger partial charge in [0.2, 0.25) is 5.91 Å². The molecular formula is C14H20N2O3S. The third kappa shape index (κ3) is 3.50. The minimum atomic E-state index is -3.35. The number of amides is 1. The van der Waals surface area contributed by atoms with Crippen LogP contribution in [0.2, 0.25) is 0 Å². The van der Waals surface area contributed by atoms with Gasteiger partial charge >= 0.3 is 0 Å². The van der Waals surface area contributed by atoms with E-state index < -0.39 is 21.5 Å². The number of benzene rings is 1. The first-order valence-corrected chi connectivity index (χ1v) is 8.47. The van der Waals surface area contributed by atoms with Gasteiger partial charge in [-0.15, -0.1) is 0 Å². The summed E-state index contributed by atoms with van der Waals surface area (Å²) in [4.78, 5) is 11.9. The van der Waals surface area contributed by atoms with E-state index in [1.165, 1.54) is 0 Å². The highest BCUT2D eigenvalue weighted by Gasteiger charge is 2.30. The summed E-state index contributed by atoms with van der Waals surface area (Å²) < 4.78 is 24.2. The van der Waals surface area contributed by atoms with Crippen molar-refractivity contribution in [3.63, 3.8) is 0 Å². The third-order valence-electron chi connectivity index (χ3n) is 3.62. The Bertz CT molecular complexity index is 605. The molecule has 0 bridgehead atoms. The first kappa shape index (κ1) is 14.8. The van der Waals surface area contributed by atoms with E-state index >= 15 is 0 Å². The fourth-order valence-electron chi connectivity index (χ4n) is 2.53. The van der Waals surface area contributed by atoms with Crippen LogP contribution in [0.25, 0.3) is 0 Å². The molecular weight excluding hydrogens is 276 g/mol. The number of aryl methyl sites for hydroxylation is 1. The Morgan fingerprint density at radius 2 is 2.00 bits per heavy atom. The van der Waals surface area contributed by atoms with Crippen LogP contribution in [0.15, 0.2) is 18.2 Å². The van der Waals surface area contributed by atoms with Gasteiger partial charge in [0.25, 0.3) is 0 Å². The van der Waals surface area contributed by atoms with E-state index in [4.69, 9.17) is 5.73 Å². The molecule has 0 aromatic heterocycles. The quantitative estimate of drug-likeness (QED) is 0.830. The summed E-state index contributed by atoms with van der Waals surface area (Å²) in [5, 5.41) is 2.22. The minimum absolute atomic E-state index is 0.358. The van der Waals surface area contributed by atoms with Crippen molar-refractivity contribution in [1.29, 1.82) is 0 Å². The van der Waals surface area contributed by atoms with Crippen LogP contribution in [0.5, 0.6) is 0 Å². The van der Waals surface area contributed by atoms with Crippen LogP contribution in [-0.4, -0.2) is 25.3 Å². The molecule has 1 fully saturated rings. The number of nitrogens with one attached hydrogen (secondary N) is 1. The molecule has 0 radical (unpaired) electrons. The van der Waals surface area contributed by atoms with Gasteiger partial charge in [0, 0.05) is 0 Å². The summed E-state index contributed by atoms with van der Waals surface area (Å²) in [7, 11) is -3.35. The molecule has 5 nitrogen and oxygen atoms in total. The second-order valence-electron chi connectivity index (χ2n) is 5.35. The smallest absolute Gasteiger partial charge is 0.239 e. The first-order chi connectivity index (χ1) is 9.38. The van der Waals surface area contributed by atoms with Crippen molar-refractivity contribution in [3.05, 3.63) is 23.8 Å². The van der Waals surface area contributed by atoms with Gasteiger partial charge in [0.1, 0.15) is 5.75 Å². The van der Waals surface area contributed by atoms with Gasteiger partial charge in [-0.25, -0.2) is 8.42 Å². The molecule has 0 spiro atoms. The Balaban J connectivity index is 2.01. The van der Waals surface area contributed by atoms with E-state index in [9.17, 15) is 13.2 Å². The van der Waals surface area contributed by atoms with Crippen LogP contribution in [0.4, 0.5) is 11.4 Å². The Kier molecular flexibility index (Phi) is 4.32. The SMILES string of the molecule is Cc1ccc(NC(=O)CS(=O)(=O)C2CCCC2)c(N)c1. The highest BCUT2D eigenvalue weighted by molar-refractivity contribution is 7.92. The zero-order chi connectivity index (χ0) is 14.8. The predicted molar refractivity (Wildman–Crippen MR) is 80.3 cm³/mol. The Labute approximate surface area is 119 Å². The highest BCUT2D eigenvalue weighted by Crippen LogP contribution is 2.25. The van der Waals surface area contributed by atoms with Gasteiger partial charge in [-0.05, 0) is 37.5 Å². The minimum Gasteiger partial charge on any atom is -0.397 e. The normalized spacial score (nSPS) is 16.2. The molecule has 0 saturated heterocycles. The molecule has 1 aromatic carbocycles.